The average molecular weight is 372 g/mol. The van der Waals surface area contributed by atoms with Crippen LogP contribution in [0.2, 0.25) is 0 Å². The summed E-state index contributed by atoms with van der Waals surface area (Å²) >= 11 is 0. The molecule has 0 saturated carbocycles. The van der Waals surface area contributed by atoms with Crippen molar-refractivity contribution in [1.82, 2.24) is 4.98 Å². The molecule has 1 amide bonds. The molecule has 0 aliphatic rings. The highest BCUT2D eigenvalue weighted by Crippen LogP contribution is 2.22. The lowest BCUT2D eigenvalue weighted by molar-refractivity contribution is -0.118. The Morgan fingerprint density at radius 1 is 0.964 bits per heavy atom. The number of aryl methyl sites for hydroxylation is 1. The van der Waals surface area contributed by atoms with Crippen LogP contribution in [0.15, 0.2) is 88.1 Å². The third-order valence-corrected chi connectivity index (χ3v) is 4.45. The summed E-state index contributed by atoms with van der Waals surface area (Å²) in [5, 5.41) is 0. The Morgan fingerprint density at radius 3 is 2.46 bits per heavy atom. The van der Waals surface area contributed by atoms with Gasteiger partial charge in [0.15, 0.2) is 0 Å². The standard InChI is InChI=1S/C23H20N2O3/c1-17-9-11-20(12-10-17)25(15-21-8-5-13-27-21)22(26)14-19-16-28-23(24-19)18-6-3-2-4-7-18/h2-13,16H,14-15H2,1H3. The summed E-state index contributed by atoms with van der Waals surface area (Å²) in [6.45, 7) is 2.38. The first-order chi connectivity index (χ1) is 13.7. The van der Waals surface area contributed by atoms with Crippen LogP contribution in [0.4, 0.5) is 5.69 Å². The normalized spacial score (nSPS) is 10.8. The topological polar surface area (TPSA) is 59.5 Å². The molecule has 0 unspecified atom stereocenters. The molecule has 2 aromatic heterocycles. The van der Waals surface area contributed by atoms with Crippen LogP contribution in [0, 0.1) is 6.92 Å². The van der Waals surface area contributed by atoms with Crippen LogP contribution >= 0.6 is 0 Å². The lowest BCUT2D eigenvalue weighted by Crippen LogP contribution is -2.31. The minimum Gasteiger partial charge on any atom is -0.467 e. The number of hydrogen-bond donors (Lipinski definition) is 0. The maximum atomic E-state index is 13.1. The Bertz CT molecular complexity index is 1040. The third-order valence-electron chi connectivity index (χ3n) is 4.45. The number of rotatable bonds is 6. The highest BCUT2D eigenvalue weighted by Gasteiger charge is 2.20. The smallest absolute Gasteiger partial charge is 0.233 e. The Hall–Kier alpha value is -3.60. The van der Waals surface area contributed by atoms with Crippen molar-refractivity contribution in [1.29, 1.82) is 0 Å². The van der Waals surface area contributed by atoms with E-state index < -0.39 is 0 Å². The molecule has 0 aliphatic carbocycles. The van der Waals surface area contributed by atoms with E-state index in [9.17, 15) is 4.79 Å². The average Bonchev–Trinajstić information content (AvgIpc) is 3.40. The van der Waals surface area contributed by atoms with Crippen molar-refractivity contribution in [3.63, 3.8) is 0 Å². The monoisotopic (exact) mass is 372 g/mol. The van der Waals surface area contributed by atoms with Crippen LogP contribution in [-0.4, -0.2) is 10.9 Å². The van der Waals surface area contributed by atoms with E-state index in [0.717, 1.165) is 22.6 Å². The summed E-state index contributed by atoms with van der Waals surface area (Å²) in [5.41, 5.74) is 3.43. The van der Waals surface area contributed by atoms with Gasteiger partial charge >= 0.3 is 0 Å². The molecule has 140 valence electrons. The van der Waals surface area contributed by atoms with Crippen LogP contribution in [0.1, 0.15) is 17.0 Å². The summed E-state index contributed by atoms with van der Waals surface area (Å²) in [6, 6.07) is 21.2. The van der Waals surface area contributed by atoms with Gasteiger partial charge in [-0.05, 0) is 43.3 Å². The SMILES string of the molecule is Cc1ccc(N(Cc2ccco2)C(=O)Cc2coc(-c3ccccc3)n2)cc1. The predicted octanol–water partition coefficient (Wildman–Crippen LogP) is 5.02. The molecule has 2 heterocycles. The van der Waals surface area contributed by atoms with Crippen LogP contribution in [0.25, 0.3) is 11.5 Å². The van der Waals surface area contributed by atoms with Gasteiger partial charge in [-0.1, -0.05) is 35.9 Å². The maximum Gasteiger partial charge on any atom is 0.233 e. The molecule has 0 N–H and O–H groups in total. The van der Waals surface area contributed by atoms with Crippen LogP contribution in [0.3, 0.4) is 0 Å². The molecule has 0 spiro atoms. The highest BCUT2D eigenvalue weighted by atomic mass is 16.3. The molecule has 28 heavy (non-hydrogen) atoms. The van der Waals surface area contributed by atoms with Gasteiger partial charge in [-0.15, -0.1) is 0 Å². The number of benzene rings is 2. The molecule has 0 aliphatic heterocycles. The number of hydrogen-bond acceptors (Lipinski definition) is 4. The van der Waals surface area contributed by atoms with Crippen molar-refractivity contribution in [2.45, 2.75) is 19.9 Å². The second-order valence-electron chi connectivity index (χ2n) is 6.58. The number of carbonyl (C=O) groups is 1. The van der Waals surface area contributed by atoms with Crippen LogP contribution in [-0.2, 0) is 17.8 Å². The molecular weight excluding hydrogens is 352 g/mol. The van der Waals surface area contributed by atoms with E-state index in [-0.39, 0.29) is 12.3 Å². The summed E-state index contributed by atoms with van der Waals surface area (Å²) in [4.78, 5) is 19.2. The largest absolute Gasteiger partial charge is 0.467 e. The summed E-state index contributed by atoms with van der Waals surface area (Å²) in [6.07, 6.45) is 3.29. The molecule has 2 aromatic carbocycles. The number of furan rings is 1. The fraction of sp³-hybridized carbons (Fsp3) is 0.130. The zero-order valence-electron chi connectivity index (χ0n) is 15.5. The fourth-order valence-electron chi connectivity index (χ4n) is 2.96. The van der Waals surface area contributed by atoms with Gasteiger partial charge in [0.25, 0.3) is 0 Å². The minimum atomic E-state index is -0.0758. The van der Waals surface area contributed by atoms with Crippen molar-refractivity contribution < 1.29 is 13.6 Å². The van der Waals surface area contributed by atoms with Gasteiger partial charge in [0, 0.05) is 11.3 Å². The maximum absolute atomic E-state index is 13.1. The van der Waals surface area contributed by atoms with Gasteiger partial charge in [0.1, 0.15) is 12.0 Å². The first-order valence-electron chi connectivity index (χ1n) is 9.08. The number of aromatic nitrogens is 1. The van der Waals surface area contributed by atoms with E-state index in [1.54, 1.807) is 17.4 Å². The van der Waals surface area contributed by atoms with Gasteiger partial charge in [-0.3, -0.25) is 4.79 Å². The van der Waals surface area contributed by atoms with Gasteiger partial charge in [0.2, 0.25) is 11.8 Å². The Balaban J connectivity index is 1.55. The van der Waals surface area contributed by atoms with E-state index in [4.69, 9.17) is 8.83 Å². The van der Waals surface area contributed by atoms with Crippen molar-refractivity contribution >= 4 is 11.6 Å². The van der Waals surface area contributed by atoms with Gasteiger partial charge in [-0.25, -0.2) is 4.98 Å². The van der Waals surface area contributed by atoms with E-state index in [0.29, 0.717) is 18.1 Å². The summed E-state index contributed by atoms with van der Waals surface area (Å²) in [7, 11) is 0. The fourth-order valence-corrected chi connectivity index (χ4v) is 2.96. The molecular formula is C23H20N2O3. The molecule has 4 rings (SSSR count). The number of oxazole rings is 1. The van der Waals surface area contributed by atoms with Crippen molar-refractivity contribution in [3.8, 4) is 11.5 Å². The Morgan fingerprint density at radius 2 is 1.75 bits per heavy atom. The number of anilines is 1. The van der Waals surface area contributed by atoms with Crippen LogP contribution < -0.4 is 4.90 Å². The quantitative estimate of drug-likeness (QED) is 0.477. The number of nitrogens with zero attached hydrogens (tertiary/aromatic N) is 2. The predicted molar refractivity (Wildman–Crippen MR) is 107 cm³/mol. The third kappa shape index (κ3) is 4.04. The molecule has 0 fully saturated rings. The van der Waals surface area contributed by atoms with Crippen molar-refractivity contribution in [2.24, 2.45) is 0 Å². The van der Waals surface area contributed by atoms with E-state index in [2.05, 4.69) is 4.98 Å². The van der Waals surface area contributed by atoms with Crippen LogP contribution in [0.5, 0.6) is 0 Å². The second kappa shape index (κ2) is 7.96. The van der Waals surface area contributed by atoms with Crippen molar-refractivity contribution in [3.05, 3.63) is 96.3 Å². The molecule has 0 bridgehead atoms. The molecule has 0 atom stereocenters. The zero-order chi connectivity index (χ0) is 19.3. The molecule has 0 radical (unpaired) electrons. The van der Waals surface area contributed by atoms with E-state index in [1.807, 2.05) is 73.7 Å². The first kappa shape index (κ1) is 17.8. The van der Waals surface area contributed by atoms with Gasteiger partial charge < -0.3 is 13.7 Å². The summed E-state index contributed by atoms with van der Waals surface area (Å²) in [5.74, 6) is 1.16. The highest BCUT2D eigenvalue weighted by molar-refractivity contribution is 5.94. The lowest BCUT2D eigenvalue weighted by Gasteiger charge is -2.21. The minimum absolute atomic E-state index is 0.0758. The Labute approximate surface area is 163 Å². The number of carbonyl (C=O) groups excluding carboxylic acids is 1. The molecule has 0 saturated heterocycles. The Kier molecular flexibility index (Phi) is 5.06. The number of amides is 1. The molecule has 5 nitrogen and oxygen atoms in total. The lowest BCUT2D eigenvalue weighted by atomic mass is 10.2. The van der Waals surface area contributed by atoms with Gasteiger partial charge in [0.05, 0.1) is 24.9 Å². The molecule has 5 heteroatoms. The summed E-state index contributed by atoms with van der Waals surface area (Å²) < 4.78 is 11.0. The first-order valence-corrected chi connectivity index (χ1v) is 9.08. The van der Waals surface area contributed by atoms with E-state index >= 15 is 0 Å². The van der Waals surface area contributed by atoms with E-state index in [1.165, 1.54) is 0 Å². The van der Waals surface area contributed by atoms with Crippen molar-refractivity contribution in [2.75, 3.05) is 4.90 Å². The second-order valence-corrected chi connectivity index (χ2v) is 6.58. The van der Waals surface area contributed by atoms with Gasteiger partial charge in [-0.2, -0.15) is 0 Å². The zero-order valence-corrected chi connectivity index (χ0v) is 15.5. The molecule has 4 aromatic rings.